The van der Waals surface area contributed by atoms with Crippen molar-refractivity contribution in [3.8, 4) is 5.88 Å². The standard InChI is InChI=1S/C17H18F3N7O2/c1-29-12-6-24-13(14(22)26-12)15(28)25-8-2-3-10(18)9(4-8)17(16(19)20)7-23-5-11(21)27-17/h2-4,6,16,23H,5,7H2,1H3,(H2,21,27)(H2,22,26)(H,25,28). The molecule has 12 heteroatoms. The SMILES string of the molecule is COc1cnc(C(=O)Nc2ccc(F)c(C3(C(F)F)CNCC(N)=N3)c2)c(N)n1. The van der Waals surface area contributed by atoms with Crippen LogP contribution in [0, 0.1) is 5.82 Å². The summed E-state index contributed by atoms with van der Waals surface area (Å²) in [4.78, 5) is 24.0. The van der Waals surface area contributed by atoms with Gasteiger partial charge in [0.1, 0.15) is 11.7 Å². The van der Waals surface area contributed by atoms with E-state index in [2.05, 4.69) is 25.6 Å². The summed E-state index contributed by atoms with van der Waals surface area (Å²) in [6.45, 7) is -0.210. The molecule has 1 unspecified atom stereocenters. The molecule has 2 heterocycles. The Morgan fingerprint density at radius 3 is 2.76 bits per heavy atom. The highest BCUT2D eigenvalue weighted by Gasteiger charge is 2.45. The first-order chi connectivity index (χ1) is 13.8. The molecule has 9 nitrogen and oxygen atoms in total. The van der Waals surface area contributed by atoms with Crippen LogP contribution in [0.25, 0.3) is 0 Å². The second-order valence-corrected chi connectivity index (χ2v) is 6.23. The minimum absolute atomic E-state index is 0.0442. The van der Waals surface area contributed by atoms with Crippen molar-refractivity contribution in [3.63, 3.8) is 0 Å². The van der Waals surface area contributed by atoms with Crippen LogP contribution in [0.4, 0.5) is 24.7 Å². The molecule has 0 spiro atoms. The number of hydrogen-bond donors (Lipinski definition) is 4. The van der Waals surface area contributed by atoms with Gasteiger partial charge in [-0.05, 0) is 18.2 Å². The number of methoxy groups -OCH3 is 1. The number of carbonyl (C=O) groups is 1. The number of nitrogen functional groups attached to an aromatic ring is 1. The van der Waals surface area contributed by atoms with Crippen LogP contribution in [0.5, 0.6) is 5.88 Å². The monoisotopic (exact) mass is 409 g/mol. The number of aromatic nitrogens is 2. The number of nitrogens with one attached hydrogen (secondary N) is 2. The minimum Gasteiger partial charge on any atom is -0.480 e. The molecule has 1 atom stereocenters. The zero-order valence-electron chi connectivity index (χ0n) is 15.2. The van der Waals surface area contributed by atoms with E-state index >= 15 is 0 Å². The number of ether oxygens (including phenoxy) is 1. The normalized spacial score (nSPS) is 19.0. The largest absolute Gasteiger partial charge is 0.480 e. The summed E-state index contributed by atoms with van der Waals surface area (Å²) >= 11 is 0. The smallest absolute Gasteiger partial charge is 0.278 e. The van der Waals surface area contributed by atoms with Gasteiger partial charge >= 0.3 is 0 Å². The number of rotatable bonds is 5. The van der Waals surface area contributed by atoms with Gasteiger partial charge in [-0.15, -0.1) is 0 Å². The molecule has 3 rings (SSSR count). The van der Waals surface area contributed by atoms with E-state index in [4.69, 9.17) is 16.2 Å². The van der Waals surface area contributed by atoms with Gasteiger partial charge in [-0.2, -0.15) is 4.98 Å². The molecule has 29 heavy (non-hydrogen) atoms. The highest BCUT2D eigenvalue weighted by molar-refractivity contribution is 6.05. The number of hydrogen-bond acceptors (Lipinski definition) is 8. The lowest BCUT2D eigenvalue weighted by Gasteiger charge is -2.34. The second kappa shape index (κ2) is 7.91. The zero-order valence-corrected chi connectivity index (χ0v) is 15.2. The third kappa shape index (κ3) is 3.92. The number of nitrogens with zero attached hydrogens (tertiary/aromatic N) is 3. The summed E-state index contributed by atoms with van der Waals surface area (Å²) in [6, 6.07) is 3.25. The van der Waals surface area contributed by atoms with Crippen LogP contribution < -0.4 is 26.8 Å². The topological polar surface area (TPSA) is 141 Å². The van der Waals surface area contributed by atoms with Gasteiger partial charge in [0.15, 0.2) is 17.1 Å². The lowest BCUT2D eigenvalue weighted by atomic mass is 9.88. The molecule has 0 saturated carbocycles. The third-order valence-corrected chi connectivity index (χ3v) is 4.30. The van der Waals surface area contributed by atoms with Crippen LogP contribution in [-0.2, 0) is 5.54 Å². The van der Waals surface area contributed by atoms with E-state index in [1.165, 1.54) is 19.4 Å². The van der Waals surface area contributed by atoms with Crippen LogP contribution in [0.15, 0.2) is 29.4 Å². The molecule has 154 valence electrons. The number of amidine groups is 1. The Bertz CT molecular complexity index is 970. The van der Waals surface area contributed by atoms with Crippen molar-refractivity contribution >= 4 is 23.2 Å². The first kappa shape index (κ1) is 20.3. The molecule has 0 aliphatic carbocycles. The molecule has 6 N–H and O–H groups in total. The number of anilines is 2. The molecule has 1 aliphatic rings. The minimum atomic E-state index is -3.04. The lowest BCUT2D eigenvalue weighted by molar-refractivity contribution is 0.0491. The number of aliphatic imine (C=N–C) groups is 1. The van der Waals surface area contributed by atoms with E-state index in [-0.39, 0.29) is 42.0 Å². The van der Waals surface area contributed by atoms with Crippen LogP contribution in [0.3, 0.4) is 0 Å². The summed E-state index contributed by atoms with van der Waals surface area (Å²) in [5.41, 5.74) is 8.49. The Hall–Kier alpha value is -3.41. The Morgan fingerprint density at radius 1 is 1.38 bits per heavy atom. The van der Waals surface area contributed by atoms with Gasteiger partial charge in [0.05, 0.1) is 19.9 Å². The van der Waals surface area contributed by atoms with Gasteiger partial charge in [0.25, 0.3) is 12.3 Å². The maximum absolute atomic E-state index is 14.5. The molecule has 0 saturated heterocycles. The second-order valence-electron chi connectivity index (χ2n) is 6.23. The predicted octanol–water partition coefficient (Wildman–Crippen LogP) is 0.880. The summed E-state index contributed by atoms with van der Waals surface area (Å²) in [6.07, 6.45) is -1.85. The van der Waals surface area contributed by atoms with E-state index in [0.29, 0.717) is 0 Å². The molecule has 0 bridgehead atoms. The molecule has 0 fully saturated rings. The maximum Gasteiger partial charge on any atom is 0.278 e. The fraction of sp³-hybridized carbons (Fsp3) is 0.294. The van der Waals surface area contributed by atoms with Crippen LogP contribution in [-0.4, -0.2) is 48.3 Å². The van der Waals surface area contributed by atoms with Gasteiger partial charge in [0.2, 0.25) is 5.88 Å². The average molecular weight is 409 g/mol. The predicted molar refractivity (Wildman–Crippen MR) is 99.5 cm³/mol. The Labute approximate surface area is 163 Å². The molecule has 2 aromatic rings. The molecule has 1 aliphatic heterocycles. The van der Waals surface area contributed by atoms with Crippen molar-refractivity contribution in [2.24, 2.45) is 10.7 Å². The van der Waals surface area contributed by atoms with Gasteiger partial charge in [-0.3, -0.25) is 9.79 Å². The highest BCUT2D eigenvalue weighted by Crippen LogP contribution is 2.36. The highest BCUT2D eigenvalue weighted by atomic mass is 19.3. The fourth-order valence-electron chi connectivity index (χ4n) is 2.90. The number of amides is 1. The summed E-state index contributed by atoms with van der Waals surface area (Å²) in [5, 5.41) is 5.14. The lowest BCUT2D eigenvalue weighted by Crippen LogP contribution is -2.51. The number of benzene rings is 1. The first-order valence-electron chi connectivity index (χ1n) is 8.38. The van der Waals surface area contributed by atoms with Crippen molar-refractivity contribution in [3.05, 3.63) is 41.5 Å². The summed E-state index contributed by atoms with van der Waals surface area (Å²) < 4.78 is 47.1. The molecule has 1 aromatic heterocycles. The van der Waals surface area contributed by atoms with Crippen LogP contribution in [0.1, 0.15) is 16.1 Å². The first-order valence-corrected chi connectivity index (χ1v) is 8.38. The Kier molecular flexibility index (Phi) is 5.55. The molecular formula is C17H18F3N7O2. The molecular weight excluding hydrogens is 391 g/mol. The molecule has 1 aromatic carbocycles. The van der Waals surface area contributed by atoms with Gasteiger partial charge in [-0.1, -0.05) is 0 Å². The van der Waals surface area contributed by atoms with Crippen molar-refractivity contribution in [2.45, 2.75) is 12.0 Å². The van der Waals surface area contributed by atoms with Crippen molar-refractivity contribution in [1.29, 1.82) is 0 Å². The van der Waals surface area contributed by atoms with Gasteiger partial charge in [0, 0.05) is 17.8 Å². The molecule has 1 amide bonds. The van der Waals surface area contributed by atoms with Crippen molar-refractivity contribution < 1.29 is 22.7 Å². The number of carbonyl (C=O) groups excluding carboxylic acids is 1. The van der Waals surface area contributed by atoms with E-state index < -0.39 is 29.3 Å². The average Bonchev–Trinajstić information content (AvgIpc) is 2.68. The van der Waals surface area contributed by atoms with E-state index in [9.17, 15) is 18.0 Å². The maximum atomic E-state index is 14.5. The van der Waals surface area contributed by atoms with Crippen molar-refractivity contribution in [2.75, 3.05) is 31.2 Å². The molecule has 0 radical (unpaired) electrons. The third-order valence-electron chi connectivity index (χ3n) is 4.30. The summed E-state index contributed by atoms with van der Waals surface area (Å²) in [7, 11) is 1.36. The number of alkyl halides is 2. The van der Waals surface area contributed by atoms with Crippen molar-refractivity contribution in [1.82, 2.24) is 15.3 Å². The zero-order chi connectivity index (χ0) is 21.2. The van der Waals surface area contributed by atoms with E-state index in [1.807, 2.05) is 0 Å². The van der Waals surface area contributed by atoms with Crippen LogP contribution in [0.2, 0.25) is 0 Å². The number of halogens is 3. The number of nitrogens with two attached hydrogens (primary N) is 2. The quantitative estimate of drug-likeness (QED) is 0.575. The Morgan fingerprint density at radius 2 is 2.14 bits per heavy atom. The van der Waals surface area contributed by atoms with E-state index in [0.717, 1.165) is 12.1 Å². The van der Waals surface area contributed by atoms with Crippen LogP contribution >= 0.6 is 0 Å². The summed E-state index contributed by atoms with van der Waals surface area (Å²) in [5.74, 6) is -1.82. The fourth-order valence-corrected chi connectivity index (χ4v) is 2.90. The Balaban J connectivity index is 1.95. The van der Waals surface area contributed by atoms with E-state index in [1.54, 1.807) is 0 Å². The van der Waals surface area contributed by atoms with Gasteiger partial charge < -0.3 is 26.8 Å². The van der Waals surface area contributed by atoms with Gasteiger partial charge in [-0.25, -0.2) is 18.2 Å².